The van der Waals surface area contributed by atoms with Gasteiger partial charge in [-0.2, -0.15) is 5.26 Å². The zero-order chi connectivity index (χ0) is 11.3. The van der Waals surface area contributed by atoms with Gasteiger partial charge in [-0.1, -0.05) is 25.8 Å². The molecule has 0 heterocycles. The molecule has 0 aromatic heterocycles. The number of nitrogens with zero attached hydrogens (tertiary/aromatic N) is 2. The molecular weight excluding hydrogens is 188 g/mol. The van der Waals surface area contributed by atoms with Gasteiger partial charge in [-0.05, 0) is 19.8 Å². The number of hydrogen-bond donors (Lipinski definition) is 0. The van der Waals surface area contributed by atoms with Crippen LogP contribution in [0.25, 0.3) is 0 Å². The van der Waals surface area contributed by atoms with Crippen molar-refractivity contribution in [2.45, 2.75) is 45.1 Å². The lowest BCUT2D eigenvalue weighted by Gasteiger charge is -2.32. The lowest BCUT2D eigenvalue weighted by molar-refractivity contribution is -0.129. The Kier molecular flexibility index (Phi) is 4.36. The van der Waals surface area contributed by atoms with E-state index in [9.17, 15) is 4.79 Å². The molecule has 82 valence electrons. The Hall–Kier alpha value is -1.30. The maximum atomic E-state index is 11.8. The van der Waals surface area contributed by atoms with Crippen LogP contribution in [0.15, 0.2) is 12.2 Å². The molecule has 1 rings (SSSR count). The van der Waals surface area contributed by atoms with Gasteiger partial charge in [-0.3, -0.25) is 4.79 Å². The fourth-order valence-electron chi connectivity index (χ4n) is 2.08. The van der Waals surface area contributed by atoms with Crippen LogP contribution in [0.3, 0.4) is 0 Å². The molecule has 1 aliphatic carbocycles. The highest BCUT2D eigenvalue weighted by Crippen LogP contribution is 2.23. The monoisotopic (exact) mass is 206 g/mol. The van der Waals surface area contributed by atoms with E-state index >= 15 is 0 Å². The highest BCUT2D eigenvalue weighted by atomic mass is 16.2. The van der Waals surface area contributed by atoms with Crippen LogP contribution in [0, 0.1) is 11.3 Å². The normalized spacial score (nSPS) is 16.8. The average molecular weight is 206 g/mol. The topological polar surface area (TPSA) is 44.1 Å². The highest BCUT2D eigenvalue weighted by molar-refractivity contribution is 5.92. The number of nitriles is 1. The Morgan fingerprint density at radius 2 is 2.07 bits per heavy atom. The Morgan fingerprint density at radius 1 is 1.47 bits per heavy atom. The minimum atomic E-state index is -0.0662. The van der Waals surface area contributed by atoms with Gasteiger partial charge in [0.25, 0.3) is 0 Å². The van der Waals surface area contributed by atoms with E-state index in [1.54, 1.807) is 11.8 Å². The summed E-state index contributed by atoms with van der Waals surface area (Å²) in [5, 5.41) is 8.72. The van der Waals surface area contributed by atoms with Crippen molar-refractivity contribution >= 4 is 5.91 Å². The second-order valence-electron chi connectivity index (χ2n) is 4.16. The van der Waals surface area contributed by atoms with Crippen LogP contribution in [0.2, 0.25) is 0 Å². The summed E-state index contributed by atoms with van der Waals surface area (Å²) in [6.07, 6.45) is 5.63. The minimum Gasteiger partial charge on any atom is -0.323 e. The van der Waals surface area contributed by atoms with Crippen molar-refractivity contribution in [1.29, 1.82) is 5.26 Å². The Balaban J connectivity index is 2.68. The molecule has 0 aliphatic heterocycles. The van der Waals surface area contributed by atoms with Gasteiger partial charge < -0.3 is 4.90 Å². The van der Waals surface area contributed by atoms with Crippen LogP contribution in [-0.4, -0.2) is 23.4 Å². The van der Waals surface area contributed by atoms with Gasteiger partial charge >= 0.3 is 0 Å². The molecule has 1 aliphatic rings. The first kappa shape index (κ1) is 11.8. The lowest BCUT2D eigenvalue weighted by Crippen LogP contribution is -2.41. The van der Waals surface area contributed by atoms with Crippen LogP contribution >= 0.6 is 0 Å². The summed E-state index contributed by atoms with van der Waals surface area (Å²) < 4.78 is 0. The first-order chi connectivity index (χ1) is 7.16. The number of carbonyl (C=O) groups excluding carboxylic acids is 1. The third kappa shape index (κ3) is 3.09. The molecule has 0 bridgehead atoms. The lowest BCUT2D eigenvalue weighted by atomic mass is 9.94. The number of amides is 1. The van der Waals surface area contributed by atoms with E-state index in [-0.39, 0.29) is 18.5 Å². The molecule has 1 amide bonds. The molecule has 1 fully saturated rings. The van der Waals surface area contributed by atoms with Gasteiger partial charge in [0.2, 0.25) is 5.91 Å². The summed E-state index contributed by atoms with van der Waals surface area (Å²) in [4.78, 5) is 13.5. The zero-order valence-corrected chi connectivity index (χ0v) is 9.33. The number of rotatable bonds is 3. The number of hydrogen-bond acceptors (Lipinski definition) is 2. The van der Waals surface area contributed by atoms with Gasteiger partial charge in [0.15, 0.2) is 0 Å². The molecule has 0 unspecified atom stereocenters. The molecule has 0 saturated heterocycles. The fourth-order valence-corrected chi connectivity index (χ4v) is 2.08. The van der Waals surface area contributed by atoms with Crippen molar-refractivity contribution in [2.24, 2.45) is 0 Å². The van der Waals surface area contributed by atoms with Crippen LogP contribution in [0.5, 0.6) is 0 Å². The predicted molar refractivity (Wildman–Crippen MR) is 59.0 cm³/mol. The van der Waals surface area contributed by atoms with E-state index in [2.05, 4.69) is 12.6 Å². The van der Waals surface area contributed by atoms with Gasteiger partial charge in [0.05, 0.1) is 6.07 Å². The molecule has 3 nitrogen and oxygen atoms in total. The van der Waals surface area contributed by atoms with Crippen LogP contribution in [-0.2, 0) is 4.79 Å². The maximum absolute atomic E-state index is 11.8. The van der Waals surface area contributed by atoms with Crippen molar-refractivity contribution < 1.29 is 4.79 Å². The molecule has 0 N–H and O–H groups in total. The number of carbonyl (C=O) groups is 1. The molecule has 0 aromatic carbocycles. The Morgan fingerprint density at radius 3 is 2.53 bits per heavy atom. The summed E-state index contributed by atoms with van der Waals surface area (Å²) in [5.74, 6) is -0.0662. The van der Waals surface area contributed by atoms with Crippen molar-refractivity contribution in [1.82, 2.24) is 4.90 Å². The smallest absolute Gasteiger partial charge is 0.249 e. The second kappa shape index (κ2) is 5.55. The van der Waals surface area contributed by atoms with Crippen molar-refractivity contribution in [2.75, 3.05) is 6.54 Å². The van der Waals surface area contributed by atoms with E-state index in [1.165, 1.54) is 6.42 Å². The standard InChI is InChI=1S/C12H18N2O/c1-10(2)12(15)14(9-8-13)11-6-4-3-5-7-11/h11H,1,3-7,9H2,2H3. The van der Waals surface area contributed by atoms with Gasteiger partial charge in [0, 0.05) is 11.6 Å². The van der Waals surface area contributed by atoms with Crippen molar-refractivity contribution in [3.8, 4) is 6.07 Å². The van der Waals surface area contributed by atoms with Crippen molar-refractivity contribution in [3.05, 3.63) is 12.2 Å². The summed E-state index contributed by atoms with van der Waals surface area (Å²) in [6.45, 7) is 5.55. The van der Waals surface area contributed by atoms with E-state index < -0.39 is 0 Å². The van der Waals surface area contributed by atoms with Crippen LogP contribution in [0.4, 0.5) is 0 Å². The summed E-state index contributed by atoms with van der Waals surface area (Å²) in [5.41, 5.74) is 0.524. The minimum absolute atomic E-state index is 0.0662. The molecule has 0 radical (unpaired) electrons. The molecule has 3 heteroatoms. The fraction of sp³-hybridized carbons (Fsp3) is 0.667. The van der Waals surface area contributed by atoms with Gasteiger partial charge in [-0.25, -0.2) is 0 Å². The first-order valence-corrected chi connectivity index (χ1v) is 5.50. The molecule has 0 atom stereocenters. The summed E-state index contributed by atoms with van der Waals surface area (Å²) >= 11 is 0. The Labute approximate surface area is 91.4 Å². The largest absolute Gasteiger partial charge is 0.323 e. The zero-order valence-electron chi connectivity index (χ0n) is 9.33. The maximum Gasteiger partial charge on any atom is 0.249 e. The molecular formula is C12H18N2O. The van der Waals surface area contributed by atoms with E-state index in [4.69, 9.17) is 5.26 Å². The molecule has 0 spiro atoms. The van der Waals surface area contributed by atoms with Crippen molar-refractivity contribution in [3.63, 3.8) is 0 Å². The molecule has 15 heavy (non-hydrogen) atoms. The quantitative estimate of drug-likeness (QED) is 0.525. The van der Waals surface area contributed by atoms with Crippen LogP contribution < -0.4 is 0 Å². The predicted octanol–water partition coefficient (Wildman–Crippen LogP) is 2.25. The Bertz CT molecular complexity index is 284. The van der Waals surface area contributed by atoms with E-state index in [0.29, 0.717) is 5.57 Å². The third-order valence-corrected chi connectivity index (χ3v) is 2.88. The van der Waals surface area contributed by atoms with Gasteiger partial charge in [-0.15, -0.1) is 0 Å². The highest BCUT2D eigenvalue weighted by Gasteiger charge is 2.25. The summed E-state index contributed by atoms with van der Waals surface area (Å²) in [7, 11) is 0. The van der Waals surface area contributed by atoms with Crippen LogP contribution in [0.1, 0.15) is 39.0 Å². The SMILES string of the molecule is C=C(C)C(=O)N(CC#N)C1CCCCC1. The average Bonchev–Trinajstić information content (AvgIpc) is 2.26. The van der Waals surface area contributed by atoms with E-state index in [1.807, 2.05) is 0 Å². The third-order valence-electron chi connectivity index (χ3n) is 2.88. The van der Waals surface area contributed by atoms with E-state index in [0.717, 1.165) is 25.7 Å². The molecule has 0 aromatic rings. The van der Waals surface area contributed by atoms with Gasteiger partial charge in [0.1, 0.15) is 6.54 Å². The molecule has 1 saturated carbocycles. The first-order valence-electron chi connectivity index (χ1n) is 5.50. The summed E-state index contributed by atoms with van der Waals surface area (Å²) in [6, 6.07) is 2.32. The second-order valence-corrected chi connectivity index (χ2v) is 4.16.